The molecule has 130 valence electrons. The maximum Gasteiger partial charge on any atom is 0.234 e. The Hall–Kier alpha value is -1.34. The van der Waals surface area contributed by atoms with Crippen LogP contribution in [0, 0.1) is 0 Å². The molecule has 0 unspecified atom stereocenters. The van der Waals surface area contributed by atoms with Crippen molar-refractivity contribution in [3.63, 3.8) is 0 Å². The van der Waals surface area contributed by atoms with Gasteiger partial charge in [0.2, 0.25) is 5.91 Å². The van der Waals surface area contributed by atoms with Crippen molar-refractivity contribution < 1.29 is 14.3 Å². The molecule has 0 spiro atoms. The summed E-state index contributed by atoms with van der Waals surface area (Å²) in [6.45, 7) is 5.86. The van der Waals surface area contributed by atoms with Crippen molar-refractivity contribution in [3.05, 3.63) is 29.8 Å². The third-order valence-electron chi connectivity index (χ3n) is 3.55. The fourth-order valence-corrected chi connectivity index (χ4v) is 2.32. The number of ether oxygens (including phenoxy) is 2. The summed E-state index contributed by atoms with van der Waals surface area (Å²) in [4.78, 5) is 13.8. The Labute approximate surface area is 143 Å². The number of carbonyl (C=O) groups excluding carboxylic acids is 1. The van der Waals surface area contributed by atoms with Gasteiger partial charge in [0.05, 0.1) is 19.8 Å². The van der Waals surface area contributed by atoms with E-state index in [0.717, 1.165) is 44.2 Å². The van der Waals surface area contributed by atoms with Gasteiger partial charge < -0.3 is 20.1 Å². The minimum atomic E-state index is -0.0226. The maximum atomic E-state index is 11.5. The molecule has 1 aliphatic rings. The lowest BCUT2D eigenvalue weighted by molar-refractivity contribution is -0.120. The van der Waals surface area contributed by atoms with Crippen LogP contribution in [0.25, 0.3) is 0 Å². The molecule has 0 bridgehead atoms. The summed E-state index contributed by atoms with van der Waals surface area (Å²) in [7, 11) is 1.75. The lowest BCUT2D eigenvalue weighted by atomic mass is 10.2. The number of amides is 1. The predicted octanol–water partition coefficient (Wildman–Crippen LogP) is 0.655. The number of hydrogen-bond donors (Lipinski definition) is 2. The fourth-order valence-electron chi connectivity index (χ4n) is 2.32. The maximum absolute atomic E-state index is 11.5. The highest BCUT2D eigenvalue weighted by Gasteiger charge is 2.10. The van der Waals surface area contributed by atoms with E-state index in [1.807, 2.05) is 24.3 Å². The van der Waals surface area contributed by atoms with Crippen LogP contribution in [-0.4, -0.2) is 63.9 Å². The Balaban J connectivity index is 0.00000264. The van der Waals surface area contributed by atoms with E-state index in [1.54, 1.807) is 7.05 Å². The first-order chi connectivity index (χ1) is 10.8. The average molecular weight is 344 g/mol. The van der Waals surface area contributed by atoms with Crippen molar-refractivity contribution in [1.29, 1.82) is 0 Å². The lowest BCUT2D eigenvalue weighted by Crippen LogP contribution is -2.38. The molecule has 0 atom stereocenters. The third-order valence-corrected chi connectivity index (χ3v) is 3.55. The van der Waals surface area contributed by atoms with Gasteiger partial charge >= 0.3 is 0 Å². The third kappa shape index (κ3) is 7.18. The smallest absolute Gasteiger partial charge is 0.234 e. The molecule has 0 aliphatic carbocycles. The summed E-state index contributed by atoms with van der Waals surface area (Å²) in [6, 6.07) is 7.82. The highest BCUT2D eigenvalue weighted by molar-refractivity contribution is 5.85. The molecule has 6 nitrogen and oxygen atoms in total. The van der Waals surface area contributed by atoms with Crippen LogP contribution < -0.4 is 15.4 Å². The lowest BCUT2D eigenvalue weighted by Gasteiger charge is -2.26. The molecule has 0 radical (unpaired) electrons. The van der Waals surface area contributed by atoms with Crippen molar-refractivity contribution in [2.45, 2.75) is 6.54 Å². The fraction of sp³-hybridized carbons (Fsp3) is 0.562. The van der Waals surface area contributed by atoms with Gasteiger partial charge in [0.1, 0.15) is 12.4 Å². The average Bonchev–Trinajstić information content (AvgIpc) is 2.55. The van der Waals surface area contributed by atoms with E-state index in [1.165, 1.54) is 0 Å². The largest absolute Gasteiger partial charge is 0.492 e. The van der Waals surface area contributed by atoms with Gasteiger partial charge in [-0.3, -0.25) is 9.69 Å². The number of rotatable bonds is 8. The Kier molecular flexibility index (Phi) is 9.63. The number of nitrogens with one attached hydrogen (secondary N) is 2. The van der Waals surface area contributed by atoms with Gasteiger partial charge in [0, 0.05) is 31.7 Å². The van der Waals surface area contributed by atoms with E-state index in [-0.39, 0.29) is 18.3 Å². The van der Waals surface area contributed by atoms with Crippen LogP contribution >= 0.6 is 12.4 Å². The molecule has 1 amide bonds. The molecule has 1 fully saturated rings. The summed E-state index contributed by atoms with van der Waals surface area (Å²) >= 11 is 0. The van der Waals surface area contributed by atoms with Crippen molar-refractivity contribution in [1.82, 2.24) is 15.5 Å². The molecular weight excluding hydrogens is 318 g/mol. The molecule has 7 heteroatoms. The van der Waals surface area contributed by atoms with E-state index in [2.05, 4.69) is 15.5 Å². The SMILES string of the molecule is CNCC(=O)NCc1ccccc1OCCN1CCOCC1.Cl. The standard InChI is InChI=1S/C16H25N3O3.ClH/c1-17-13-16(20)18-12-14-4-2-3-5-15(14)22-11-8-19-6-9-21-10-7-19;/h2-5,17H,6-13H2,1H3,(H,18,20);1H. The Bertz CT molecular complexity index is 468. The highest BCUT2D eigenvalue weighted by Crippen LogP contribution is 2.17. The zero-order chi connectivity index (χ0) is 15.6. The molecule has 0 saturated carbocycles. The van der Waals surface area contributed by atoms with Crippen molar-refractivity contribution in [2.75, 3.05) is 53.0 Å². The normalized spacial score (nSPS) is 14.8. The first-order valence-electron chi connectivity index (χ1n) is 7.71. The second-order valence-corrected chi connectivity index (χ2v) is 5.22. The number of likely N-dealkylation sites (N-methyl/N-ethyl adjacent to an activating group) is 1. The first kappa shape index (κ1) is 19.7. The van der Waals surface area contributed by atoms with Crippen LogP contribution in [-0.2, 0) is 16.1 Å². The van der Waals surface area contributed by atoms with E-state index in [9.17, 15) is 4.79 Å². The number of nitrogens with zero attached hydrogens (tertiary/aromatic N) is 1. The summed E-state index contributed by atoms with van der Waals surface area (Å²) in [6.07, 6.45) is 0. The number of hydrogen-bond acceptors (Lipinski definition) is 5. The molecule has 1 aliphatic heterocycles. The summed E-state index contributed by atoms with van der Waals surface area (Å²) in [5, 5.41) is 5.70. The van der Waals surface area contributed by atoms with Gasteiger partial charge in [-0.1, -0.05) is 18.2 Å². The molecule has 0 aromatic heterocycles. The molecule has 23 heavy (non-hydrogen) atoms. The predicted molar refractivity (Wildman–Crippen MR) is 92.2 cm³/mol. The Morgan fingerprint density at radius 1 is 1.30 bits per heavy atom. The molecular formula is C16H26ClN3O3. The number of morpholine rings is 1. The van der Waals surface area contributed by atoms with E-state index < -0.39 is 0 Å². The number of benzene rings is 1. The quantitative estimate of drug-likeness (QED) is 0.726. The molecule has 1 aromatic rings. The van der Waals surface area contributed by atoms with Gasteiger partial charge in [-0.15, -0.1) is 12.4 Å². The number of carbonyl (C=O) groups is 1. The number of para-hydroxylation sites is 1. The molecule has 2 rings (SSSR count). The van der Waals surface area contributed by atoms with Crippen LogP contribution in [0.5, 0.6) is 5.75 Å². The van der Waals surface area contributed by atoms with Crippen LogP contribution in [0.1, 0.15) is 5.56 Å². The van der Waals surface area contributed by atoms with E-state index in [0.29, 0.717) is 19.7 Å². The van der Waals surface area contributed by atoms with Crippen molar-refractivity contribution in [3.8, 4) is 5.75 Å². The number of halogens is 1. The summed E-state index contributed by atoms with van der Waals surface area (Å²) in [5.41, 5.74) is 0.994. The Morgan fingerprint density at radius 2 is 2.04 bits per heavy atom. The second kappa shape index (κ2) is 11.2. The zero-order valence-electron chi connectivity index (χ0n) is 13.5. The first-order valence-corrected chi connectivity index (χ1v) is 7.71. The molecule has 1 aromatic carbocycles. The van der Waals surface area contributed by atoms with Gasteiger partial charge in [-0.2, -0.15) is 0 Å². The van der Waals surface area contributed by atoms with Gasteiger partial charge in [0.25, 0.3) is 0 Å². The highest BCUT2D eigenvalue weighted by atomic mass is 35.5. The van der Waals surface area contributed by atoms with Crippen LogP contribution in [0.4, 0.5) is 0 Å². The van der Waals surface area contributed by atoms with Gasteiger partial charge in [0.15, 0.2) is 0 Å². The van der Waals surface area contributed by atoms with Crippen molar-refractivity contribution in [2.24, 2.45) is 0 Å². The molecule has 2 N–H and O–H groups in total. The minimum absolute atomic E-state index is 0. The minimum Gasteiger partial charge on any atom is -0.492 e. The summed E-state index contributed by atoms with van der Waals surface area (Å²) in [5.74, 6) is 0.811. The zero-order valence-corrected chi connectivity index (χ0v) is 14.4. The van der Waals surface area contributed by atoms with Gasteiger partial charge in [-0.25, -0.2) is 0 Å². The van der Waals surface area contributed by atoms with Crippen LogP contribution in [0.3, 0.4) is 0 Å². The monoisotopic (exact) mass is 343 g/mol. The summed E-state index contributed by atoms with van der Waals surface area (Å²) < 4.78 is 11.2. The van der Waals surface area contributed by atoms with E-state index >= 15 is 0 Å². The topological polar surface area (TPSA) is 62.8 Å². The van der Waals surface area contributed by atoms with Crippen LogP contribution in [0.2, 0.25) is 0 Å². The molecule has 1 heterocycles. The Morgan fingerprint density at radius 3 is 2.78 bits per heavy atom. The second-order valence-electron chi connectivity index (χ2n) is 5.22. The van der Waals surface area contributed by atoms with Crippen molar-refractivity contribution >= 4 is 18.3 Å². The van der Waals surface area contributed by atoms with Gasteiger partial charge in [-0.05, 0) is 13.1 Å². The van der Waals surface area contributed by atoms with E-state index in [4.69, 9.17) is 9.47 Å². The molecule has 1 saturated heterocycles. The van der Waals surface area contributed by atoms with Crippen LogP contribution in [0.15, 0.2) is 24.3 Å².